The lowest BCUT2D eigenvalue weighted by molar-refractivity contribution is 0.269. The molecular weight excluding hydrogens is 408 g/mol. The number of nitrogens with two attached hydrogens (primary N) is 1. The molecule has 1 saturated heterocycles. The number of benzene rings is 1. The van der Waals surface area contributed by atoms with Crippen LogP contribution in [0.5, 0.6) is 5.75 Å². The van der Waals surface area contributed by atoms with Gasteiger partial charge in [0.1, 0.15) is 5.75 Å². The number of ether oxygens (including phenoxy) is 1. The molecule has 0 amide bonds. The molecule has 2 rings (SSSR count). The molecule has 1 aliphatic heterocycles. The third-order valence-electron chi connectivity index (χ3n) is 6.70. The Labute approximate surface area is 203 Å². The van der Waals surface area contributed by atoms with Crippen molar-refractivity contribution < 1.29 is 4.74 Å². The van der Waals surface area contributed by atoms with E-state index in [1.54, 1.807) is 0 Å². The van der Waals surface area contributed by atoms with E-state index in [4.69, 9.17) is 15.5 Å². The quantitative estimate of drug-likeness (QED) is 0.190. The van der Waals surface area contributed by atoms with Gasteiger partial charge in [0, 0.05) is 19.6 Å². The first-order valence-corrected chi connectivity index (χ1v) is 13.4. The number of rotatable bonds is 14. The van der Waals surface area contributed by atoms with Gasteiger partial charge in [0.2, 0.25) is 0 Å². The minimum Gasteiger partial charge on any atom is -0.494 e. The van der Waals surface area contributed by atoms with Gasteiger partial charge in [-0.05, 0) is 61.4 Å². The minimum atomic E-state index is 0.0387. The predicted octanol–water partition coefficient (Wildman–Crippen LogP) is 6.50. The number of hydrogen-bond acceptors (Lipinski definition) is 3. The van der Waals surface area contributed by atoms with Crippen molar-refractivity contribution in [1.29, 1.82) is 0 Å². The van der Waals surface area contributed by atoms with Gasteiger partial charge in [0.05, 0.1) is 12.3 Å². The molecule has 3 N–H and O–H groups in total. The van der Waals surface area contributed by atoms with Crippen LogP contribution in [0.2, 0.25) is 0 Å². The summed E-state index contributed by atoms with van der Waals surface area (Å²) >= 11 is 0. The van der Waals surface area contributed by atoms with E-state index in [1.165, 1.54) is 57.8 Å². The second-order valence-electron chi connectivity index (χ2n) is 10.6. The Balaban J connectivity index is 1.83. The molecule has 5 heteroatoms. The van der Waals surface area contributed by atoms with E-state index in [1.807, 2.05) is 12.1 Å². The van der Waals surface area contributed by atoms with Gasteiger partial charge in [-0.3, -0.25) is 0 Å². The molecular formula is C28H50N4O. The van der Waals surface area contributed by atoms with E-state index in [0.717, 1.165) is 56.0 Å². The zero-order valence-corrected chi connectivity index (χ0v) is 21.9. The number of piperidine rings is 1. The normalized spacial score (nSPS) is 15.7. The molecule has 1 fully saturated rings. The third-order valence-corrected chi connectivity index (χ3v) is 6.70. The topological polar surface area (TPSA) is 62.9 Å². The summed E-state index contributed by atoms with van der Waals surface area (Å²) in [7, 11) is 0. The molecule has 0 saturated carbocycles. The number of likely N-dealkylation sites (tertiary alicyclic amines) is 1. The summed E-state index contributed by atoms with van der Waals surface area (Å²) < 4.78 is 5.96. The molecule has 0 bridgehead atoms. The van der Waals surface area contributed by atoms with Crippen LogP contribution in [0.1, 0.15) is 91.9 Å². The van der Waals surface area contributed by atoms with Gasteiger partial charge in [-0.25, -0.2) is 4.99 Å². The fraction of sp³-hybridized carbons (Fsp3) is 0.750. The molecule has 0 aliphatic carbocycles. The number of unbranched alkanes of at least 4 members (excludes halogenated alkanes) is 7. The van der Waals surface area contributed by atoms with Gasteiger partial charge >= 0.3 is 0 Å². The second kappa shape index (κ2) is 15.2. The van der Waals surface area contributed by atoms with Crippen molar-refractivity contribution in [2.45, 2.75) is 91.9 Å². The van der Waals surface area contributed by atoms with Crippen molar-refractivity contribution in [3.8, 4) is 5.75 Å². The predicted molar refractivity (Wildman–Crippen MR) is 142 cm³/mol. The average Bonchev–Trinajstić information content (AvgIpc) is 2.82. The van der Waals surface area contributed by atoms with Crippen molar-refractivity contribution in [1.82, 2.24) is 10.2 Å². The SMILES string of the molecule is CCCCCCCCCCOc1ccc(/N=C(/NCC(C)(C)CN)N2CCC(C)CC2)cc1. The van der Waals surface area contributed by atoms with Gasteiger partial charge < -0.3 is 20.7 Å². The Morgan fingerprint density at radius 3 is 2.24 bits per heavy atom. The van der Waals surface area contributed by atoms with Gasteiger partial charge in [-0.15, -0.1) is 0 Å². The molecule has 0 aromatic heterocycles. The summed E-state index contributed by atoms with van der Waals surface area (Å²) in [5.41, 5.74) is 6.94. The van der Waals surface area contributed by atoms with E-state index in [2.05, 4.69) is 50.0 Å². The maximum absolute atomic E-state index is 5.96. The molecule has 5 nitrogen and oxygen atoms in total. The standard InChI is InChI=1S/C28H50N4O/c1-5-6-7-8-9-10-11-12-21-33-26-15-13-25(14-16-26)31-27(30-23-28(3,4)22-29)32-19-17-24(2)18-20-32/h13-16,24H,5-12,17-23,29H2,1-4H3,(H,30,31). The lowest BCUT2D eigenvalue weighted by atomic mass is 9.94. The summed E-state index contributed by atoms with van der Waals surface area (Å²) in [6.45, 7) is 13.3. The van der Waals surface area contributed by atoms with Gasteiger partial charge in [0.25, 0.3) is 0 Å². The molecule has 0 spiro atoms. The lowest BCUT2D eigenvalue weighted by Crippen LogP contribution is -2.48. The zero-order valence-electron chi connectivity index (χ0n) is 21.9. The third kappa shape index (κ3) is 11.3. The maximum atomic E-state index is 5.96. The molecule has 0 unspecified atom stereocenters. The first-order chi connectivity index (χ1) is 15.9. The van der Waals surface area contributed by atoms with Crippen LogP contribution in [0, 0.1) is 11.3 Å². The van der Waals surface area contributed by atoms with Crippen LogP contribution in [-0.2, 0) is 0 Å². The van der Waals surface area contributed by atoms with Crippen LogP contribution in [0.15, 0.2) is 29.3 Å². The highest BCUT2D eigenvalue weighted by Crippen LogP contribution is 2.22. The second-order valence-corrected chi connectivity index (χ2v) is 10.6. The average molecular weight is 459 g/mol. The van der Waals surface area contributed by atoms with Crippen LogP contribution in [-0.4, -0.2) is 43.6 Å². The fourth-order valence-corrected chi connectivity index (χ4v) is 4.00. The van der Waals surface area contributed by atoms with Crippen molar-refractivity contribution in [3.05, 3.63) is 24.3 Å². The van der Waals surface area contributed by atoms with Crippen LogP contribution in [0.25, 0.3) is 0 Å². The molecule has 0 atom stereocenters. The molecule has 33 heavy (non-hydrogen) atoms. The summed E-state index contributed by atoms with van der Waals surface area (Å²) in [4.78, 5) is 7.36. The molecule has 188 valence electrons. The van der Waals surface area contributed by atoms with E-state index < -0.39 is 0 Å². The van der Waals surface area contributed by atoms with Crippen LogP contribution in [0.3, 0.4) is 0 Å². The molecule has 1 aliphatic rings. The monoisotopic (exact) mass is 458 g/mol. The van der Waals surface area contributed by atoms with Gasteiger partial charge in [0.15, 0.2) is 5.96 Å². The molecule has 1 aromatic rings. The highest BCUT2D eigenvalue weighted by atomic mass is 16.5. The number of aliphatic imine (C=N–C) groups is 1. The molecule has 0 radical (unpaired) electrons. The van der Waals surface area contributed by atoms with Crippen molar-refractivity contribution in [3.63, 3.8) is 0 Å². The van der Waals surface area contributed by atoms with Crippen molar-refractivity contribution in [2.24, 2.45) is 22.1 Å². The molecule has 1 heterocycles. The number of nitrogens with one attached hydrogen (secondary N) is 1. The van der Waals surface area contributed by atoms with Gasteiger partial charge in [-0.2, -0.15) is 0 Å². The first-order valence-electron chi connectivity index (χ1n) is 13.4. The van der Waals surface area contributed by atoms with Crippen LogP contribution >= 0.6 is 0 Å². The number of hydrogen-bond donors (Lipinski definition) is 2. The Kier molecular flexibility index (Phi) is 12.7. The summed E-state index contributed by atoms with van der Waals surface area (Å²) in [5.74, 6) is 2.69. The Bertz CT molecular complexity index is 663. The summed E-state index contributed by atoms with van der Waals surface area (Å²) in [5, 5.41) is 3.59. The van der Waals surface area contributed by atoms with E-state index in [0.29, 0.717) is 6.54 Å². The smallest absolute Gasteiger partial charge is 0.199 e. The highest BCUT2D eigenvalue weighted by molar-refractivity contribution is 5.83. The van der Waals surface area contributed by atoms with Crippen LogP contribution in [0.4, 0.5) is 5.69 Å². The minimum absolute atomic E-state index is 0.0387. The van der Waals surface area contributed by atoms with E-state index in [-0.39, 0.29) is 5.41 Å². The Morgan fingerprint density at radius 1 is 1.03 bits per heavy atom. The Hall–Kier alpha value is -1.75. The van der Waals surface area contributed by atoms with E-state index in [9.17, 15) is 0 Å². The van der Waals surface area contributed by atoms with Crippen molar-refractivity contribution in [2.75, 3.05) is 32.8 Å². The number of guanidine groups is 1. The summed E-state index contributed by atoms with van der Waals surface area (Å²) in [6.07, 6.45) is 13.0. The first kappa shape index (κ1) is 27.5. The van der Waals surface area contributed by atoms with Crippen LogP contribution < -0.4 is 15.8 Å². The Morgan fingerprint density at radius 2 is 1.64 bits per heavy atom. The van der Waals surface area contributed by atoms with Gasteiger partial charge in [-0.1, -0.05) is 72.6 Å². The maximum Gasteiger partial charge on any atom is 0.199 e. The lowest BCUT2D eigenvalue weighted by Gasteiger charge is -2.34. The van der Waals surface area contributed by atoms with E-state index >= 15 is 0 Å². The largest absolute Gasteiger partial charge is 0.494 e. The molecule has 1 aromatic carbocycles. The fourth-order valence-electron chi connectivity index (χ4n) is 4.00. The zero-order chi connectivity index (χ0) is 23.9. The van der Waals surface area contributed by atoms with Crippen molar-refractivity contribution >= 4 is 11.6 Å². The summed E-state index contributed by atoms with van der Waals surface area (Å²) in [6, 6.07) is 8.21. The number of nitrogens with zero attached hydrogens (tertiary/aromatic N) is 2. The highest BCUT2D eigenvalue weighted by Gasteiger charge is 2.22.